The molecule has 2 fully saturated rings. The van der Waals surface area contributed by atoms with Crippen LogP contribution in [0.3, 0.4) is 0 Å². The minimum Gasteiger partial charge on any atom is -0.314 e. The van der Waals surface area contributed by atoms with Crippen LogP contribution in [0.15, 0.2) is 0 Å². The van der Waals surface area contributed by atoms with Gasteiger partial charge in [-0.1, -0.05) is 6.92 Å². The molecule has 0 aromatic carbocycles. The molecule has 2 N–H and O–H groups in total. The summed E-state index contributed by atoms with van der Waals surface area (Å²) in [7, 11) is -3.10. The lowest BCUT2D eigenvalue weighted by Gasteiger charge is -2.20. The summed E-state index contributed by atoms with van der Waals surface area (Å²) in [6.45, 7) is 6.85. The van der Waals surface area contributed by atoms with Gasteiger partial charge in [-0.15, -0.1) is 0 Å². The lowest BCUT2D eigenvalue weighted by Crippen LogP contribution is -2.36. The molecule has 20 heavy (non-hydrogen) atoms. The Morgan fingerprint density at radius 1 is 1.25 bits per heavy atom. The predicted molar refractivity (Wildman–Crippen MR) is 82.3 cm³/mol. The first-order chi connectivity index (χ1) is 9.55. The van der Waals surface area contributed by atoms with Gasteiger partial charge < -0.3 is 10.2 Å². The molecular weight excluding hydrogens is 274 g/mol. The van der Waals surface area contributed by atoms with E-state index in [4.69, 9.17) is 0 Å². The van der Waals surface area contributed by atoms with Crippen LogP contribution >= 0.6 is 0 Å². The maximum absolute atomic E-state index is 11.9. The molecule has 0 bridgehead atoms. The lowest BCUT2D eigenvalue weighted by molar-refractivity contribution is 0.288. The maximum Gasteiger partial charge on any atom is 0.211 e. The fourth-order valence-corrected chi connectivity index (χ4v) is 3.87. The van der Waals surface area contributed by atoms with Gasteiger partial charge in [0.15, 0.2) is 0 Å². The summed E-state index contributed by atoms with van der Waals surface area (Å²) < 4.78 is 26.5. The van der Waals surface area contributed by atoms with Crippen molar-refractivity contribution in [2.75, 3.05) is 38.5 Å². The second-order valence-electron chi connectivity index (χ2n) is 6.36. The normalized spacial score (nSPS) is 22.2. The highest BCUT2D eigenvalue weighted by Crippen LogP contribution is 2.18. The number of nitrogens with zero attached hydrogens (tertiary/aromatic N) is 1. The van der Waals surface area contributed by atoms with Crippen LogP contribution < -0.4 is 10.0 Å². The number of hydrogen-bond acceptors (Lipinski definition) is 4. The molecule has 0 amide bonds. The van der Waals surface area contributed by atoms with Crippen molar-refractivity contribution in [3.05, 3.63) is 0 Å². The molecule has 6 heteroatoms. The average Bonchev–Trinajstić information content (AvgIpc) is 3.09. The molecule has 0 aromatic rings. The second-order valence-corrected chi connectivity index (χ2v) is 8.29. The molecule has 2 aliphatic rings. The fourth-order valence-electron chi connectivity index (χ4n) is 2.67. The highest BCUT2D eigenvalue weighted by atomic mass is 32.2. The van der Waals surface area contributed by atoms with Crippen LogP contribution in [0.2, 0.25) is 0 Å². The molecule has 1 aliphatic carbocycles. The van der Waals surface area contributed by atoms with E-state index in [1.807, 2.05) is 0 Å². The third-order valence-electron chi connectivity index (χ3n) is 4.02. The lowest BCUT2D eigenvalue weighted by atomic mass is 10.2. The van der Waals surface area contributed by atoms with E-state index in [0.717, 1.165) is 13.1 Å². The van der Waals surface area contributed by atoms with E-state index in [2.05, 4.69) is 21.9 Å². The maximum atomic E-state index is 11.9. The van der Waals surface area contributed by atoms with Gasteiger partial charge >= 0.3 is 0 Å². The third-order valence-corrected chi connectivity index (χ3v) is 5.45. The topological polar surface area (TPSA) is 61.4 Å². The van der Waals surface area contributed by atoms with Crippen molar-refractivity contribution < 1.29 is 8.42 Å². The van der Waals surface area contributed by atoms with Crippen LogP contribution in [-0.4, -0.2) is 57.8 Å². The van der Waals surface area contributed by atoms with Gasteiger partial charge in [-0.2, -0.15) is 0 Å². The Morgan fingerprint density at radius 2 is 1.95 bits per heavy atom. The van der Waals surface area contributed by atoms with Crippen molar-refractivity contribution >= 4 is 10.0 Å². The van der Waals surface area contributed by atoms with Gasteiger partial charge in [0.1, 0.15) is 0 Å². The monoisotopic (exact) mass is 303 g/mol. The zero-order valence-corrected chi connectivity index (χ0v) is 13.4. The van der Waals surface area contributed by atoms with Crippen LogP contribution in [0.25, 0.3) is 0 Å². The summed E-state index contributed by atoms with van der Waals surface area (Å²) in [4.78, 5) is 2.43. The summed E-state index contributed by atoms with van der Waals surface area (Å²) >= 11 is 0. The number of rotatable bonds is 10. The molecule has 1 unspecified atom stereocenters. The summed E-state index contributed by atoms with van der Waals surface area (Å²) in [5, 5.41) is 3.34. The van der Waals surface area contributed by atoms with Crippen LogP contribution in [0.4, 0.5) is 0 Å². The molecule has 1 heterocycles. The van der Waals surface area contributed by atoms with Crippen LogP contribution in [0.1, 0.15) is 39.0 Å². The van der Waals surface area contributed by atoms with E-state index in [1.54, 1.807) is 0 Å². The van der Waals surface area contributed by atoms with Crippen molar-refractivity contribution in [2.24, 2.45) is 5.92 Å². The van der Waals surface area contributed by atoms with Gasteiger partial charge in [-0.3, -0.25) is 0 Å². The quantitative estimate of drug-likeness (QED) is 0.586. The molecule has 0 radical (unpaired) electrons. The molecular formula is C14H29N3O2S. The Bertz CT molecular complexity index is 376. The van der Waals surface area contributed by atoms with Gasteiger partial charge in [0.25, 0.3) is 0 Å². The number of hydrogen-bond donors (Lipinski definition) is 2. The summed E-state index contributed by atoms with van der Waals surface area (Å²) in [5.74, 6) is 0.621. The molecule has 1 saturated carbocycles. The summed E-state index contributed by atoms with van der Waals surface area (Å²) in [6.07, 6.45) is 5.77. The predicted octanol–water partition coefficient (Wildman–Crippen LogP) is 0.780. The van der Waals surface area contributed by atoms with Crippen molar-refractivity contribution in [1.82, 2.24) is 14.9 Å². The van der Waals surface area contributed by atoms with Crippen molar-refractivity contribution in [3.8, 4) is 0 Å². The van der Waals surface area contributed by atoms with Gasteiger partial charge in [-0.05, 0) is 57.7 Å². The van der Waals surface area contributed by atoms with Crippen molar-refractivity contribution in [3.63, 3.8) is 0 Å². The Morgan fingerprint density at radius 3 is 2.60 bits per heavy atom. The average molecular weight is 303 g/mol. The van der Waals surface area contributed by atoms with Crippen LogP contribution in [0, 0.1) is 5.92 Å². The highest BCUT2D eigenvalue weighted by Gasteiger charge is 2.20. The smallest absolute Gasteiger partial charge is 0.211 e. The van der Waals surface area contributed by atoms with Crippen molar-refractivity contribution in [2.45, 2.75) is 45.1 Å². The van der Waals surface area contributed by atoms with E-state index in [1.165, 1.54) is 38.8 Å². The number of sulfonamides is 1. The first kappa shape index (κ1) is 16.2. The largest absolute Gasteiger partial charge is 0.314 e. The Hall–Kier alpha value is -0.170. The molecule has 0 spiro atoms. The number of nitrogens with one attached hydrogen (secondary N) is 2. The molecule has 5 nitrogen and oxygen atoms in total. The molecule has 0 aromatic heterocycles. The van der Waals surface area contributed by atoms with Gasteiger partial charge in [-0.25, -0.2) is 13.1 Å². The van der Waals surface area contributed by atoms with Crippen LogP contribution in [-0.2, 0) is 10.0 Å². The van der Waals surface area contributed by atoms with Crippen molar-refractivity contribution in [1.29, 1.82) is 0 Å². The third kappa shape index (κ3) is 6.52. The first-order valence-electron chi connectivity index (χ1n) is 7.98. The van der Waals surface area contributed by atoms with E-state index in [0.29, 0.717) is 24.9 Å². The Labute approximate surface area is 123 Å². The fraction of sp³-hybridized carbons (Fsp3) is 1.00. The molecule has 1 aliphatic heterocycles. The van der Waals surface area contributed by atoms with E-state index in [-0.39, 0.29) is 5.75 Å². The number of likely N-dealkylation sites (tertiary alicyclic amines) is 1. The summed E-state index contributed by atoms with van der Waals surface area (Å²) in [5.41, 5.74) is 0. The Kier molecular flexibility index (Phi) is 6.26. The van der Waals surface area contributed by atoms with Crippen LogP contribution in [0.5, 0.6) is 0 Å². The zero-order valence-electron chi connectivity index (χ0n) is 12.6. The summed E-state index contributed by atoms with van der Waals surface area (Å²) in [6, 6.07) is 0.658. The second kappa shape index (κ2) is 7.73. The molecule has 2 rings (SSSR count). The first-order valence-corrected chi connectivity index (χ1v) is 9.63. The van der Waals surface area contributed by atoms with Gasteiger partial charge in [0, 0.05) is 19.1 Å². The SMILES string of the molecule is CC(CNS(=O)(=O)CCCNC1CC1)CN1CCCC1. The highest BCUT2D eigenvalue weighted by molar-refractivity contribution is 7.89. The van der Waals surface area contributed by atoms with E-state index in [9.17, 15) is 8.42 Å². The molecule has 1 atom stereocenters. The zero-order chi connectivity index (χ0) is 14.4. The minimum absolute atomic E-state index is 0.239. The van der Waals surface area contributed by atoms with Gasteiger partial charge in [0.05, 0.1) is 5.75 Å². The standard InChI is InChI=1S/C14H29N3O2S/c1-13(12-17-8-2-3-9-17)11-16-20(18,19)10-4-7-15-14-5-6-14/h13-16H,2-12H2,1H3. The van der Waals surface area contributed by atoms with Gasteiger partial charge in [0.2, 0.25) is 10.0 Å². The Balaban J connectivity index is 1.55. The van der Waals surface area contributed by atoms with E-state index < -0.39 is 10.0 Å². The van der Waals surface area contributed by atoms with E-state index >= 15 is 0 Å². The minimum atomic E-state index is -3.10. The molecule has 1 saturated heterocycles. The molecule has 118 valence electrons.